The van der Waals surface area contributed by atoms with Crippen LogP contribution in [-0.2, 0) is 0 Å². The molecule has 206 valence electrons. The monoisotopic (exact) mass is 563 g/mol. The van der Waals surface area contributed by atoms with Gasteiger partial charge in [-0.3, -0.25) is 9.97 Å². The highest BCUT2D eigenvalue weighted by molar-refractivity contribution is 5.95. The summed E-state index contributed by atoms with van der Waals surface area (Å²) in [6.45, 7) is 0. The molecule has 8 rings (SSSR count). The van der Waals surface area contributed by atoms with E-state index in [0.717, 1.165) is 71.9 Å². The molecule has 0 bridgehead atoms. The van der Waals surface area contributed by atoms with Crippen LogP contribution in [0.25, 0.3) is 77.7 Å². The zero-order chi connectivity index (χ0) is 29.3. The molecule has 0 amide bonds. The number of hydrogen-bond acceptors (Lipinski definition) is 5. The minimum Gasteiger partial charge on any atom is -0.256 e. The number of pyridine rings is 2. The summed E-state index contributed by atoms with van der Waals surface area (Å²) in [6, 6.07) is 44.6. The second kappa shape index (κ2) is 11.0. The largest absolute Gasteiger partial charge is 0.256 e. The molecular formula is C39H25N5. The Kier molecular flexibility index (Phi) is 6.39. The summed E-state index contributed by atoms with van der Waals surface area (Å²) in [5.74, 6) is 0.639. The minimum absolute atomic E-state index is 0.639. The summed E-state index contributed by atoms with van der Waals surface area (Å²) in [7, 11) is 0. The van der Waals surface area contributed by atoms with Gasteiger partial charge in [-0.05, 0) is 63.7 Å². The lowest BCUT2D eigenvalue weighted by atomic mass is 9.93. The summed E-state index contributed by atoms with van der Waals surface area (Å²) in [6.07, 6.45) is 6.77. The Morgan fingerprint density at radius 1 is 0.341 bits per heavy atom. The van der Waals surface area contributed by atoms with Crippen molar-refractivity contribution in [2.45, 2.75) is 0 Å². The predicted molar refractivity (Wildman–Crippen MR) is 178 cm³/mol. The van der Waals surface area contributed by atoms with Crippen molar-refractivity contribution >= 4 is 21.8 Å². The Labute approximate surface area is 254 Å². The molecule has 0 unspecified atom stereocenters. The number of rotatable bonds is 5. The Morgan fingerprint density at radius 3 is 1.27 bits per heavy atom. The summed E-state index contributed by atoms with van der Waals surface area (Å²) in [5.41, 5.74) is 11.8. The standard InChI is InChI=1S/C39H25N5/c1-5-30-7-3-19-41-37(30)35(9-1)28-15-11-26(12-16-28)32-21-33(23-34(22-32)39-43-24-40-25-44-39)27-13-17-29(18-14-27)36-10-2-6-31-8-4-20-42-38(31)36/h1-25H. The third kappa shape index (κ3) is 4.76. The van der Waals surface area contributed by atoms with Gasteiger partial charge >= 0.3 is 0 Å². The fourth-order valence-electron chi connectivity index (χ4n) is 5.84. The van der Waals surface area contributed by atoms with Gasteiger partial charge in [0.25, 0.3) is 0 Å². The van der Waals surface area contributed by atoms with Gasteiger partial charge in [-0.1, -0.05) is 97.1 Å². The third-order valence-electron chi connectivity index (χ3n) is 8.01. The Hall–Kier alpha value is -6.07. The quantitative estimate of drug-likeness (QED) is 0.209. The number of nitrogens with zero attached hydrogens (tertiary/aromatic N) is 5. The van der Waals surface area contributed by atoms with Crippen LogP contribution in [0.3, 0.4) is 0 Å². The number of para-hydroxylation sites is 2. The molecular weight excluding hydrogens is 538 g/mol. The SMILES string of the molecule is c1cnc2c(-c3ccc(-c4cc(-c5ccc(-c6cccc7cccnc67)cc5)cc(-c5ncncn5)c4)cc3)cccc2c1. The van der Waals surface area contributed by atoms with E-state index >= 15 is 0 Å². The number of fused-ring (bicyclic) bond motifs is 2. The summed E-state index contributed by atoms with van der Waals surface area (Å²) >= 11 is 0. The van der Waals surface area contributed by atoms with Crippen molar-refractivity contribution in [2.75, 3.05) is 0 Å². The molecule has 3 aromatic heterocycles. The van der Waals surface area contributed by atoms with E-state index < -0.39 is 0 Å². The lowest BCUT2D eigenvalue weighted by molar-refractivity contribution is 1.06. The maximum absolute atomic E-state index is 4.65. The fraction of sp³-hybridized carbons (Fsp3) is 0. The average molecular weight is 564 g/mol. The molecule has 0 aliphatic rings. The summed E-state index contributed by atoms with van der Waals surface area (Å²) in [5, 5.41) is 2.26. The zero-order valence-corrected chi connectivity index (χ0v) is 23.7. The van der Waals surface area contributed by atoms with E-state index in [2.05, 4.69) is 140 Å². The fourth-order valence-corrected chi connectivity index (χ4v) is 5.84. The van der Waals surface area contributed by atoms with Crippen LogP contribution >= 0.6 is 0 Å². The molecule has 0 saturated carbocycles. The van der Waals surface area contributed by atoms with Gasteiger partial charge in [0, 0.05) is 39.9 Å². The van der Waals surface area contributed by atoms with Crippen LogP contribution in [-0.4, -0.2) is 24.9 Å². The molecule has 3 heterocycles. The smallest absolute Gasteiger partial charge is 0.162 e. The van der Waals surface area contributed by atoms with Crippen LogP contribution < -0.4 is 0 Å². The predicted octanol–water partition coefficient (Wildman–Crippen LogP) is 9.30. The molecule has 5 nitrogen and oxygen atoms in total. The summed E-state index contributed by atoms with van der Waals surface area (Å²) < 4.78 is 0. The number of benzene rings is 5. The number of hydrogen-bond donors (Lipinski definition) is 0. The average Bonchev–Trinajstić information content (AvgIpc) is 3.11. The first-order valence-electron chi connectivity index (χ1n) is 14.5. The topological polar surface area (TPSA) is 64.5 Å². The van der Waals surface area contributed by atoms with Crippen molar-refractivity contribution in [3.63, 3.8) is 0 Å². The van der Waals surface area contributed by atoms with Gasteiger partial charge in [0.05, 0.1) is 11.0 Å². The molecule has 0 spiro atoms. The van der Waals surface area contributed by atoms with E-state index in [4.69, 9.17) is 0 Å². The van der Waals surface area contributed by atoms with Gasteiger partial charge in [0.1, 0.15) is 12.7 Å². The molecule has 0 aliphatic heterocycles. The van der Waals surface area contributed by atoms with Crippen molar-refractivity contribution in [1.82, 2.24) is 24.9 Å². The molecule has 0 atom stereocenters. The van der Waals surface area contributed by atoms with Crippen LogP contribution in [0.5, 0.6) is 0 Å². The van der Waals surface area contributed by atoms with Gasteiger partial charge < -0.3 is 0 Å². The maximum atomic E-state index is 4.65. The van der Waals surface area contributed by atoms with E-state index in [9.17, 15) is 0 Å². The second-order valence-electron chi connectivity index (χ2n) is 10.7. The molecule has 0 aliphatic carbocycles. The van der Waals surface area contributed by atoms with Crippen LogP contribution in [0.15, 0.2) is 152 Å². The van der Waals surface area contributed by atoms with Gasteiger partial charge in [0.2, 0.25) is 0 Å². The lowest BCUT2D eigenvalue weighted by Crippen LogP contribution is -1.92. The van der Waals surface area contributed by atoms with Crippen molar-refractivity contribution < 1.29 is 0 Å². The zero-order valence-electron chi connectivity index (χ0n) is 23.7. The normalized spacial score (nSPS) is 11.2. The van der Waals surface area contributed by atoms with Crippen molar-refractivity contribution in [3.05, 3.63) is 152 Å². The van der Waals surface area contributed by atoms with Gasteiger partial charge in [-0.15, -0.1) is 0 Å². The van der Waals surface area contributed by atoms with Crippen LogP contribution in [0, 0.1) is 0 Å². The summed E-state index contributed by atoms with van der Waals surface area (Å²) in [4.78, 5) is 22.2. The highest BCUT2D eigenvalue weighted by Crippen LogP contribution is 2.35. The van der Waals surface area contributed by atoms with Crippen molar-refractivity contribution in [1.29, 1.82) is 0 Å². The molecule has 0 fully saturated rings. The second-order valence-corrected chi connectivity index (χ2v) is 10.7. The first-order chi connectivity index (χ1) is 21.8. The van der Waals surface area contributed by atoms with Gasteiger partial charge in [-0.2, -0.15) is 0 Å². The van der Waals surface area contributed by atoms with E-state index in [-0.39, 0.29) is 0 Å². The first kappa shape index (κ1) is 25.6. The minimum atomic E-state index is 0.639. The maximum Gasteiger partial charge on any atom is 0.162 e. The van der Waals surface area contributed by atoms with E-state index in [1.165, 1.54) is 12.7 Å². The molecule has 8 aromatic rings. The Bertz CT molecular complexity index is 2110. The van der Waals surface area contributed by atoms with Crippen LogP contribution in [0.4, 0.5) is 0 Å². The molecule has 0 N–H and O–H groups in total. The third-order valence-corrected chi connectivity index (χ3v) is 8.01. The van der Waals surface area contributed by atoms with Crippen LogP contribution in [0.1, 0.15) is 0 Å². The molecule has 44 heavy (non-hydrogen) atoms. The van der Waals surface area contributed by atoms with Gasteiger partial charge in [0.15, 0.2) is 5.82 Å². The van der Waals surface area contributed by atoms with E-state index in [0.29, 0.717) is 5.82 Å². The number of aromatic nitrogens is 5. The lowest BCUT2D eigenvalue weighted by Gasteiger charge is -2.12. The molecule has 0 saturated heterocycles. The molecule has 5 aromatic carbocycles. The highest BCUT2D eigenvalue weighted by Gasteiger charge is 2.12. The molecule has 5 heteroatoms. The van der Waals surface area contributed by atoms with E-state index in [1.54, 1.807) is 0 Å². The molecule has 0 radical (unpaired) electrons. The van der Waals surface area contributed by atoms with Crippen molar-refractivity contribution in [3.8, 4) is 55.9 Å². The highest BCUT2D eigenvalue weighted by atomic mass is 15.0. The Balaban J connectivity index is 1.19. The van der Waals surface area contributed by atoms with Crippen molar-refractivity contribution in [2.24, 2.45) is 0 Å². The first-order valence-corrected chi connectivity index (χ1v) is 14.5. The van der Waals surface area contributed by atoms with Crippen LogP contribution in [0.2, 0.25) is 0 Å². The van der Waals surface area contributed by atoms with Gasteiger partial charge in [-0.25, -0.2) is 15.0 Å². The Morgan fingerprint density at radius 2 is 0.773 bits per heavy atom. The van der Waals surface area contributed by atoms with E-state index in [1.807, 2.05) is 24.5 Å².